The minimum absolute atomic E-state index is 0.0341. The predicted molar refractivity (Wildman–Crippen MR) is 87.6 cm³/mol. The Morgan fingerprint density at radius 2 is 1.82 bits per heavy atom. The first-order valence-electron chi connectivity index (χ1n) is 7.34. The molecule has 0 bridgehead atoms. The van der Waals surface area contributed by atoms with E-state index < -0.39 is 5.97 Å². The zero-order valence-electron chi connectivity index (χ0n) is 13.5. The lowest BCUT2D eigenvalue weighted by atomic mass is 9.85. The van der Waals surface area contributed by atoms with Gasteiger partial charge >= 0.3 is 5.97 Å². The SMILES string of the molecule is Cc1ccc(OCc2ccccc2C(=O)O)c(C(C)(C)C)c1. The van der Waals surface area contributed by atoms with E-state index in [9.17, 15) is 9.90 Å². The number of hydrogen-bond acceptors (Lipinski definition) is 2. The molecule has 0 aromatic heterocycles. The molecule has 0 aliphatic rings. The van der Waals surface area contributed by atoms with Gasteiger partial charge in [-0.1, -0.05) is 56.7 Å². The summed E-state index contributed by atoms with van der Waals surface area (Å²) in [6, 6.07) is 13.0. The summed E-state index contributed by atoms with van der Waals surface area (Å²) in [7, 11) is 0. The maximum absolute atomic E-state index is 11.2. The molecule has 1 N–H and O–H groups in total. The van der Waals surface area contributed by atoms with Crippen molar-refractivity contribution in [2.24, 2.45) is 0 Å². The molecule has 0 aliphatic carbocycles. The predicted octanol–water partition coefficient (Wildman–Crippen LogP) is 4.57. The molecule has 2 aromatic carbocycles. The highest BCUT2D eigenvalue weighted by Crippen LogP contribution is 2.32. The quantitative estimate of drug-likeness (QED) is 0.899. The minimum Gasteiger partial charge on any atom is -0.489 e. The van der Waals surface area contributed by atoms with Crippen molar-refractivity contribution in [1.29, 1.82) is 0 Å². The van der Waals surface area contributed by atoms with Gasteiger partial charge in [-0.25, -0.2) is 4.79 Å². The van der Waals surface area contributed by atoms with Crippen LogP contribution in [0.1, 0.15) is 47.8 Å². The van der Waals surface area contributed by atoms with Crippen LogP contribution in [0.4, 0.5) is 0 Å². The summed E-state index contributed by atoms with van der Waals surface area (Å²) < 4.78 is 5.93. The molecule has 0 heterocycles. The fraction of sp³-hybridized carbons (Fsp3) is 0.316. The Labute approximate surface area is 131 Å². The first kappa shape index (κ1) is 16.1. The van der Waals surface area contributed by atoms with E-state index in [1.165, 1.54) is 5.56 Å². The number of aryl methyl sites for hydroxylation is 1. The highest BCUT2D eigenvalue weighted by molar-refractivity contribution is 5.89. The van der Waals surface area contributed by atoms with Gasteiger partial charge in [0.15, 0.2) is 0 Å². The molecule has 0 spiro atoms. The Bertz CT molecular complexity index is 681. The summed E-state index contributed by atoms with van der Waals surface area (Å²) in [6.45, 7) is 8.72. The number of aromatic carboxylic acids is 1. The van der Waals surface area contributed by atoms with Crippen molar-refractivity contribution in [3.63, 3.8) is 0 Å². The summed E-state index contributed by atoms with van der Waals surface area (Å²) in [5.74, 6) is -0.127. The van der Waals surface area contributed by atoms with Crippen molar-refractivity contribution in [3.05, 3.63) is 64.7 Å². The van der Waals surface area contributed by atoms with Gasteiger partial charge in [0.25, 0.3) is 0 Å². The average Bonchev–Trinajstić information content (AvgIpc) is 2.45. The summed E-state index contributed by atoms with van der Waals surface area (Å²) in [6.07, 6.45) is 0. The first-order valence-corrected chi connectivity index (χ1v) is 7.34. The van der Waals surface area contributed by atoms with E-state index >= 15 is 0 Å². The summed E-state index contributed by atoms with van der Waals surface area (Å²) in [4.78, 5) is 11.2. The lowest BCUT2D eigenvalue weighted by Gasteiger charge is -2.23. The van der Waals surface area contributed by atoms with E-state index in [0.717, 1.165) is 11.3 Å². The number of carboxylic acid groups (broad SMARTS) is 1. The van der Waals surface area contributed by atoms with Gasteiger partial charge in [0, 0.05) is 5.56 Å². The number of hydrogen-bond donors (Lipinski definition) is 1. The fourth-order valence-electron chi connectivity index (χ4n) is 2.37. The summed E-state index contributed by atoms with van der Waals surface area (Å²) in [5, 5.41) is 9.23. The Morgan fingerprint density at radius 3 is 2.45 bits per heavy atom. The molecule has 0 aliphatic heterocycles. The highest BCUT2D eigenvalue weighted by atomic mass is 16.5. The van der Waals surface area contributed by atoms with Crippen LogP contribution in [-0.2, 0) is 12.0 Å². The van der Waals surface area contributed by atoms with Gasteiger partial charge in [-0.15, -0.1) is 0 Å². The lowest BCUT2D eigenvalue weighted by Crippen LogP contribution is -2.14. The van der Waals surface area contributed by atoms with Crippen LogP contribution in [0.15, 0.2) is 42.5 Å². The maximum Gasteiger partial charge on any atom is 0.336 e. The van der Waals surface area contributed by atoms with E-state index in [1.54, 1.807) is 18.2 Å². The second-order valence-electron chi connectivity index (χ2n) is 6.50. The Morgan fingerprint density at radius 1 is 1.14 bits per heavy atom. The number of ether oxygens (including phenoxy) is 1. The van der Waals surface area contributed by atoms with Gasteiger partial charge in [0.2, 0.25) is 0 Å². The Hall–Kier alpha value is -2.29. The number of rotatable bonds is 4. The van der Waals surface area contributed by atoms with E-state index in [4.69, 9.17) is 4.74 Å². The molecule has 0 atom stereocenters. The molecule has 0 radical (unpaired) electrons. The van der Waals surface area contributed by atoms with Crippen LogP contribution in [-0.4, -0.2) is 11.1 Å². The Kier molecular flexibility index (Phi) is 4.55. The molecule has 0 unspecified atom stereocenters. The van der Waals surface area contributed by atoms with Crippen molar-refractivity contribution in [1.82, 2.24) is 0 Å². The van der Waals surface area contributed by atoms with Gasteiger partial charge in [0.1, 0.15) is 12.4 Å². The first-order chi connectivity index (χ1) is 10.3. The maximum atomic E-state index is 11.2. The molecule has 0 saturated carbocycles. The van der Waals surface area contributed by atoms with Crippen LogP contribution >= 0.6 is 0 Å². The molecule has 22 heavy (non-hydrogen) atoms. The number of benzene rings is 2. The van der Waals surface area contributed by atoms with E-state index in [2.05, 4.69) is 33.8 Å². The van der Waals surface area contributed by atoms with Gasteiger partial charge < -0.3 is 9.84 Å². The largest absolute Gasteiger partial charge is 0.489 e. The topological polar surface area (TPSA) is 46.5 Å². The van der Waals surface area contributed by atoms with Crippen molar-refractivity contribution in [3.8, 4) is 5.75 Å². The molecule has 0 saturated heterocycles. The van der Waals surface area contributed by atoms with Crippen molar-refractivity contribution >= 4 is 5.97 Å². The van der Waals surface area contributed by atoms with Gasteiger partial charge in [-0.2, -0.15) is 0 Å². The van der Waals surface area contributed by atoms with Crippen molar-refractivity contribution in [2.75, 3.05) is 0 Å². The van der Waals surface area contributed by atoms with E-state index in [1.807, 2.05) is 18.2 Å². The van der Waals surface area contributed by atoms with Crippen LogP contribution in [0, 0.1) is 6.92 Å². The third-order valence-corrected chi connectivity index (χ3v) is 3.57. The average molecular weight is 298 g/mol. The third-order valence-electron chi connectivity index (χ3n) is 3.57. The van der Waals surface area contributed by atoms with E-state index in [0.29, 0.717) is 5.56 Å². The van der Waals surface area contributed by atoms with Crippen LogP contribution in [0.2, 0.25) is 0 Å². The van der Waals surface area contributed by atoms with Crippen LogP contribution in [0.3, 0.4) is 0 Å². The fourth-order valence-corrected chi connectivity index (χ4v) is 2.37. The zero-order chi connectivity index (χ0) is 16.3. The normalized spacial score (nSPS) is 11.3. The smallest absolute Gasteiger partial charge is 0.336 e. The molecule has 3 heteroatoms. The van der Waals surface area contributed by atoms with Gasteiger partial charge in [-0.3, -0.25) is 0 Å². The summed E-state index contributed by atoms with van der Waals surface area (Å²) in [5.41, 5.74) is 3.24. The van der Waals surface area contributed by atoms with Gasteiger partial charge in [0.05, 0.1) is 5.56 Å². The van der Waals surface area contributed by atoms with Crippen LogP contribution < -0.4 is 4.74 Å². The molecular weight excluding hydrogens is 276 g/mol. The third kappa shape index (κ3) is 3.67. The second kappa shape index (κ2) is 6.22. The minimum atomic E-state index is -0.931. The zero-order valence-corrected chi connectivity index (χ0v) is 13.5. The molecule has 0 fully saturated rings. The lowest BCUT2D eigenvalue weighted by molar-refractivity contribution is 0.0694. The number of carbonyl (C=O) groups is 1. The highest BCUT2D eigenvalue weighted by Gasteiger charge is 2.19. The molecule has 0 amide bonds. The molecule has 3 nitrogen and oxygen atoms in total. The monoisotopic (exact) mass is 298 g/mol. The molecule has 2 rings (SSSR count). The molecular formula is C19H22O3. The van der Waals surface area contributed by atoms with Crippen molar-refractivity contribution < 1.29 is 14.6 Å². The van der Waals surface area contributed by atoms with Crippen molar-refractivity contribution in [2.45, 2.75) is 39.7 Å². The standard InChI is InChI=1S/C19H22O3/c1-13-9-10-17(16(11-13)19(2,3)4)22-12-14-7-5-6-8-15(14)18(20)21/h5-11H,12H2,1-4H3,(H,20,21). The number of carboxylic acids is 1. The second-order valence-corrected chi connectivity index (χ2v) is 6.50. The van der Waals surface area contributed by atoms with Gasteiger partial charge in [-0.05, 0) is 30.0 Å². The van der Waals surface area contributed by atoms with Crippen LogP contribution in [0.25, 0.3) is 0 Å². The molecule has 2 aromatic rings. The summed E-state index contributed by atoms with van der Waals surface area (Å²) >= 11 is 0. The Balaban J connectivity index is 2.28. The van der Waals surface area contributed by atoms with Crippen LogP contribution in [0.5, 0.6) is 5.75 Å². The molecule has 116 valence electrons. The van der Waals surface area contributed by atoms with E-state index in [-0.39, 0.29) is 17.6 Å².